The summed E-state index contributed by atoms with van der Waals surface area (Å²) >= 11 is 0. The maximum Gasteiger partial charge on any atom is 0.143 e. The van der Waals surface area contributed by atoms with E-state index in [1.165, 1.54) is 0 Å². The molecule has 0 saturated carbocycles. The zero-order valence-corrected chi connectivity index (χ0v) is 27.8. The van der Waals surface area contributed by atoms with Crippen molar-refractivity contribution < 1.29 is 9.52 Å². The highest BCUT2D eigenvalue weighted by molar-refractivity contribution is 6.09. The van der Waals surface area contributed by atoms with E-state index in [9.17, 15) is 5.11 Å². The van der Waals surface area contributed by atoms with Crippen molar-refractivity contribution in [1.29, 1.82) is 0 Å². The van der Waals surface area contributed by atoms with Gasteiger partial charge in [0.2, 0.25) is 0 Å². The van der Waals surface area contributed by atoms with E-state index in [0.717, 1.165) is 83.5 Å². The minimum absolute atomic E-state index is 0.221. The SMILES string of the molecule is Oc1cccc(N(c2ccc(-c3cccc4c3oc3ccccc34)cc2)c2ccc(-c3ccccc3)cc2-c2ccccc2)c1-c1ccccc1. The van der Waals surface area contributed by atoms with Crippen LogP contribution in [-0.4, -0.2) is 5.11 Å². The number of fused-ring (bicyclic) bond motifs is 3. The first-order chi connectivity index (χ1) is 25.2. The first kappa shape index (κ1) is 30.2. The summed E-state index contributed by atoms with van der Waals surface area (Å²) in [5.74, 6) is 0.221. The van der Waals surface area contributed by atoms with Crippen LogP contribution in [0.15, 0.2) is 199 Å². The molecule has 9 rings (SSSR count). The van der Waals surface area contributed by atoms with Gasteiger partial charge in [-0.3, -0.25) is 0 Å². The Labute approximate surface area is 296 Å². The number of phenols is 1. The molecular weight excluding hydrogens is 623 g/mol. The molecule has 3 heteroatoms. The molecule has 1 aromatic heterocycles. The zero-order valence-electron chi connectivity index (χ0n) is 27.8. The fourth-order valence-electron chi connectivity index (χ4n) is 7.18. The van der Waals surface area contributed by atoms with Gasteiger partial charge in [-0.15, -0.1) is 0 Å². The van der Waals surface area contributed by atoms with Gasteiger partial charge in [-0.2, -0.15) is 0 Å². The lowest BCUT2D eigenvalue weighted by molar-refractivity contribution is 0.477. The van der Waals surface area contributed by atoms with Crippen LogP contribution in [0.4, 0.5) is 17.1 Å². The molecule has 8 aromatic carbocycles. The number of furan rings is 1. The topological polar surface area (TPSA) is 36.6 Å². The standard InChI is InChI=1S/C48H33NO2/c50-45-24-13-23-44(47(45)36-18-8-3-9-19-36)49(43-31-28-37(33-14-4-1-5-15-33)32-42(43)34-16-6-2-7-17-34)38-29-26-35(27-30-38)39-21-12-22-41-40-20-10-11-25-46(40)51-48(39)41/h1-32,50H. The van der Waals surface area contributed by atoms with Crippen LogP contribution < -0.4 is 4.90 Å². The first-order valence-corrected chi connectivity index (χ1v) is 17.2. The molecule has 0 aliphatic rings. The maximum atomic E-state index is 11.5. The van der Waals surface area contributed by atoms with E-state index in [4.69, 9.17) is 4.42 Å². The molecule has 0 spiro atoms. The van der Waals surface area contributed by atoms with Crippen molar-refractivity contribution in [3.05, 3.63) is 194 Å². The Bertz CT molecular complexity index is 2630. The molecule has 0 atom stereocenters. The number of hydrogen-bond donors (Lipinski definition) is 1. The average molecular weight is 656 g/mol. The summed E-state index contributed by atoms with van der Waals surface area (Å²) in [5.41, 5.74) is 12.9. The van der Waals surface area contributed by atoms with Crippen molar-refractivity contribution in [2.45, 2.75) is 0 Å². The second kappa shape index (κ2) is 12.9. The summed E-state index contributed by atoms with van der Waals surface area (Å²) in [5, 5.41) is 13.7. The molecule has 0 unspecified atom stereocenters. The summed E-state index contributed by atoms with van der Waals surface area (Å²) < 4.78 is 6.41. The number of nitrogens with zero attached hydrogens (tertiary/aromatic N) is 1. The Morgan fingerprint density at radius 1 is 0.392 bits per heavy atom. The molecule has 1 heterocycles. The third-order valence-electron chi connectivity index (χ3n) is 9.59. The minimum Gasteiger partial charge on any atom is -0.507 e. The van der Waals surface area contributed by atoms with Crippen LogP contribution in [-0.2, 0) is 0 Å². The summed E-state index contributed by atoms with van der Waals surface area (Å²) in [6.45, 7) is 0. The van der Waals surface area contributed by atoms with Gasteiger partial charge >= 0.3 is 0 Å². The molecule has 0 fully saturated rings. The summed E-state index contributed by atoms with van der Waals surface area (Å²) in [7, 11) is 0. The van der Waals surface area contributed by atoms with Crippen molar-refractivity contribution in [2.24, 2.45) is 0 Å². The van der Waals surface area contributed by atoms with Crippen molar-refractivity contribution in [3.8, 4) is 50.3 Å². The van der Waals surface area contributed by atoms with E-state index in [2.05, 4.69) is 132 Å². The van der Waals surface area contributed by atoms with Crippen LogP contribution in [0.1, 0.15) is 0 Å². The van der Waals surface area contributed by atoms with Gasteiger partial charge in [-0.1, -0.05) is 152 Å². The van der Waals surface area contributed by atoms with Crippen molar-refractivity contribution in [1.82, 2.24) is 0 Å². The van der Waals surface area contributed by atoms with E-state index in [1.54, 1.807) is 6.07 Å². The molecule has 242 valence electrons. The van der Waals surface area contributed by atoms with E-state index in [1.807, 2.05) is 60.7 Å². The van der Waals surface area contributed by atoms with E-state index >= 15 is 0 Å². The number of anilines is 3. The highest BCUT2D eigenvalue weighted by atomic mass is 16.3. The predicted molar refractivity (Wildman–Crippen MR) is 212 cm³/mol. The molecule has 51 heavy (non-hydrogen) atoms. The van der Waals surface area contributed by atoms with Gasteiger partial charge in [0.05, 0.1) is 11.4 Å². The molecule has 1 N–H and O–H groups in total. The quantitative estimate of drug-likeness (QED) is 0.186. The lowest BCUT2D eigenvalue weighted by atomic mass is 9.95. The Kier molecular flexibility index (Phi) is 7.64. The molecule has 0 aliphatic carbocycles. The third-order valence-corrected chi connectivity index (χ3v) is 9.59. The van der Waals surface area contributed by atoms with Gasteiger partial charge in [-0.05, 0) is 70.3 Å². The van der Waals surface area contributed by atoms with E-state index in [0.29, 0.717) is 0 Å². The van der Waals surface area contributed by atoms with Crippen LogP contribution in [0, 0.1) is 0 Å². The lowest BCUT2D eigenvalue weighted by Gasteiger charge is -2.30. The molecule has 9 aromatic rings. The number of aromatic hydroxyl groups is 1. The van der Waals surface area contributed by atoms with Gasteiger partial charge in [-0.25, -0.2) is 0 Å². The van der Waals surface area contributed by atoms with Gasteiger partial charge in [0.1, 0.15) is 16.9 Å². The lowest BCUT2D eigenvalue weighted by Crippen LogP contribution is -2.12. The van der Waals surface area contributed by atoms with Crippen molar-refractivity contribution in [2.75, 3.05) is 4.90 Å². The average Bonchev–Trinajstić information content (AvgIpc) is 3.59. The summed E-state index contributed by atoms with van der Waals surface area (Å²) in [4.78, 5) is 2.27. The second-order valence-corrected chi connectivity index (χ2v) is 12.7. The summed E-state index contributed by atoms with van der Waals surface area (Å²) in [6, 6.07) is 66.7. The summed E-state index contributed by atoms with van der Waals surface area (Å²) in [6.07, 6.45) is 0. The van der Waals surface area contributed by atoms with E-state index < -0.39 is 0 Å². The highest BCUT2D eigenvalue weighted by Crippen LogP contribution is 2.48. The van der Waals surface area contributed by atoms with Crippen LogP contribution in [0.5, 0.6) is 5.75 Å². The number of phenolic OH excluding ortho intramolecular Hbond substituents is 1. The van der Waals surface area contributed by atoms with Crippen LogP contribution in [0.2, 0.25) is 0 Å². The molecule has 0 amide bonds. The van der Waals surface area contributed by atoms with Gasteiger partial charge in [0.25, 0.3) is 0 Å². The third kappa shape index (κ3) is 5.51. The smallest absolute Gasteiger partial charge is 0.143 e. The Morgan fingerprint density at radius 2 is 0.980 bits per heavy atom. The number of para-hydroxylation sites is 2. The Hall–Kier alpha value is -6.84. The highest BCUT2D eigenvalue weighted by Gasteiger charge is 2.23. The minimum atomic E-state index is 0.221. The first-order valence-electron chi connectivity index (χ1n) is 17.2. The van der Waals surface area contributed by atoms with E-state index in [-0.39, 0.29) is 5.75 Å². The second-order valence-electron chi connectivity index (χ2n) is 12.7. The Morgan fingerprint density at radius 3 is 1.73 bits per heavy atom. The predicted octanol–water partition coefficient (Wildman–Crippen LogP) is 13.4. The molecule has 0 radical (unpaired) electrons. The van der Waals surface area contributed by atoms with Crippen molar-refractivity contribution >= 4 is 39.0 Å². The fourth-order valence-corrected chi connectivity index (χ4v) is 7.18. The van der Waals surface area contributed by atoms with Crippen LogP contribution in [0.25, 0.3) is 66.4 Å². The molecule has 0 saturated heterocycles. The molecule has 0 bridgehead atoms. The normalized spacial score (nSPS) is 11.2. The molecule has 3 nitrogen and oxygen atoms in total. The maximum absolute atomic E-state index is 11.5. The number of rotatable bonds is 7. The number of hydrogen-bond acceptors (Lipinski definition) is 3. The van der Waals surface area contributed by atoms with Crippen LogP contribution >= 0.6 is 0 Å². The van der Waals surface area contributed by atoms with Gasteiger partial charge < -0.3 is 14.4 Å². The van der Waals surface area contributed by atoms with Gasteiger partial charge in [0.15, 0.2) is 0 Å². The largest absolute Gasteiger partial charge is 0.507 e. The Balaban J connectivity index is 1.26. The fraction of sp³-hybridized carbons (Fsp3) is 0. The van der Waals surface area contributed by atoms with Crippen LogP contribution in [0.3, 0.4) is 0 Å². The molecule has 0 aliphatic heterocycles. The monoisotopic (exact) mass is 655 g/mol. The zero-order chi connectivity index (χ0) is 34.1. The number of benzene rings is 8. The molecular formula is C48H33NO2. The van der Waals surface area contributed by atoms with Crippen molar-refractivity contribution in [3.63, 3.8) is 0 Å². The van der Waals surface area contributed by atoms with Gasteiger partial charge in [0, 0.05) is 33.2 Å².